The lowest BCUT2D eigenvalue weighted by atomic mass is 9.95. The van der Waals surface area contributed by atoms with Crippen molar-refractivity contribution >= 4 is 11.6 Å². The van der Waals surface area contributed by atoms with Gasteiger partial charge in [-0.2, -0.15) is 0 Å². The van der Waals surface area contributed by atoms with E-state index < -0.39 is 0 Å². The second-order valence-corrected chi connectivity index (χ2v) is 6.69. The van der Waals surface area contributed by atoms with Crippen molar-refractivity contribution in [2.75, 3.05) is 26.2 Å². The highest BCUT2D eigenvalue weighted by molar-refractivity contribution is 6.31. The zero-order valence-electron chi connectivity index (χ0n) is 13.0. The topological polar surface area (TPSA) is 15.3 Å². The summed E-state index contributed by atoms with van der Waals surface area (Å²) in [4.78, 5) is 2.61. The number of nitrogens with one attached hydrogen (secondary N) is 1. The van der Waals surface area contributed by atoms with E-state index in [0.717, 1.165) is 37.1 Å². The Kier molecular flexibility index (Phi) is 5.88. The van der Waals surface area contributed by atoms with E-state index in [0.29, 0.717) is 6.04 Å². The molecule has 0 spiro atoms. The van der Waals surface area contributed by atoms with Crippen molar-refractivity contribution in [1.29, 1.82) is 0 Å². The van der Waals surface area contributed by atoms with Crippen LogP contribution in [0.4, 0.5) is 0 Å². The van der Waals surface area contributed by atoms with E-state index in [9.17, 15) is 0 Å². The predicted octanol–water partition coefficient (Wildman–Crippen LogP) is 4.03. The van der Waals surface area contributed by atoms with Gasteiger partial charge in [0.05, 0.1) is 0 Å². The number of rotatable bonds is 5. The minimum absolute atomic E-state index is 0.512. The van der Waals surface area contributed by atoms with Crippen LogP contribution in [0.1, 0.15) is 43.9 Å². The minimum atomic E-state index is 0.512. The highest BCUT2D eigenvalue weighted by Gasteiger charge is 2.22. The van der Waals surface area contributed by atoms with Gasteiger partial charge in [0.1, 0.15) is 0 Å². The lowest BCUT2D eigenvalue weighted by Gasteiger charge is -2.36. The van der Waals surface area contributed by atoms with Gasteiger partial charge in [0, 0.05) is 37.2 Å². The van der Waals surface area contributed by atoms with Gasteiger partial charge in [-0.25, -0.2) is 0 Å². The van der Waals surface area contributed by atoms with Crippen LogP contribution in [0.3, 0.4) is 0 Å². The molecule has 1 N–H and O–H groups in total. The number of hydrogen-bond donors (Lipinski definition) is 1. The number of nitrogens with zero attached hydrogens (tertiary/aromatic N) is 1. The molecular formula is C17H27ClN2. The Morgan fingerprint density at radius 2 is 1.90 bits per heavy atom. The molecule has 1 aliphatic heterocycles. The molecule has 0 radical (unpaired) electrons. The van der Waals surface area contributed by atoms with Gasteiger partial charge in [-0.1, -0.05) is 37.6 Å². The van der Waals surface area contributed by atoms with Crippen molar-refractivity contribution in [3.8, 4) is 0 Å². The molecule has 0 aromatic heterocycles. The SMILES string of the molecule is Cc1ccc([C@@H](CCC(C)C)N2CCNCC2)cc1Cl. The van der Waals surface area contributed by atoms with E-state index >= 15 is 0 Å². The van der Waals surface area contributed by atoms with Gasteiger partial charge < -0.3 is 5.32 Å². The van der Waals surface area contributed by atoms with Crippen LogP contribution in [0.15, 0.2) is 18.2 Å². The zero-order chi connectivity index (χ0) is 14.5. The normalized spacial score (nSPS) is 18.4. The summed E-state index contributed by atoms with van der Waals surface area (Å²) in [6.07, 6.45) is 2.48. The molecule has 1 fully saturated rings. The molecule has 0 unspecified atom stereocenters. The van der Waals surface area contributed by atoms with Crippen LogP contribution in [-0.2, 0) is 0 Å². The molecule has 112 valence electrons. The van der Waals surface area contributed by atoms with Crippen molar-refractivity contribution < 1.29 is 0 Å². The van der Waals surface area contributed by atoms with Crippen molar-refractivity contribution in [2.24, 2.45) is 5.92 Å². The number of aryl methyl sites for hydroxylation is 1. The molecule has 0 saturated carbocycles. The number of hydrogen-bond acceptors (Lipinski definition) is 2. The second kappa shape index (κ2) is 7.44. The van der Waals surface area contributed by atoms with Crippen LogP contribution in [0.25, 0.3) is 0 Å². The third-order valence-electron chi connectivity index (χ3n) is 4.19. The summed E-state index contributed by atoms with van der Waals surface area (Å²) in [6.45, 7) is 11.1. The fraction of sp³-hybridized carbons (Fsp3) is 0.647. The molecular weight excluding hydrogens is 268 g/mol. The van der Waals surface area contributed by atoms with E-state index in [1.54, 1.807) is 0 Å². The smallest absolute Gasteiger partial charge is 0.0438 e. The van der Waals surface area contributed by atoms with Crippen LogP contribution in [-0.4, -0.2) is 31.1 Å². The molecule has 1 aromatic carbocycles. The first-order valence-corrected chi connectivity index (χ1v) is 8.16. The average molecular weight is 295 g/mol. The monoisotopic (exact) mass is 294 g/mol. The standard InChI is InChI=1S/C17H27ClN2/c1-13(2)4-7-17(20-10-8-19-9-11-20)15-6-5-14(3)16(18)12-15/h5-6,12-13,17,19H,4,7-11H2,1-3H3/t17-/m1/s1. The van der Waals surface area contributed by atoms with Crippen molar-refractivity contribution in [3.63, 3.8) is 0 Å². The molecule has 0 aliphatic carbocycles. The Morgan fingerprint density at radius 3 is 2.50 bits per heavy atom. The summed E-state index contributed by atoms with van der Waals surface area (Å²) in [5, 5.41) is 4.33. The quantitative estimate of drug-likeness (QED) is 0.882. The summed E-state index contributed by atoms with van der Waals surface area (Å²) < 4.78 is 0. The van der Waals surface area contributed by atoms with Crippen LogP contribution in [0.2, 0.25) is 5.02 Å². The summed E-state index contributed by atoms with van der Waals surface area (Å²) in [7, 11) is 0. The number of benzene rings is 1. The van der Waals surface area contributed by atoms with E-state index in [-0.39, 0.29) is 0 Å². The highest BCUT2D eigenvalue weighted by atomic mass is 35.5. The van der Waals surface area contributed by atoms with Crippen molar-refractivity contribution in [3.05, 3.63) is 34.3 Å². The van der Waals surface area contributed by atoms with Crippen LogP contribution in [0.5, 0.6) is 0 Å². The van der Waals surface area contributed by atoms with Crippen molar-refractivity contribution in [1.82, 2.24) is 10.2 Å². The Bertz CT molecular complexity index is 425. The van der Waals surface area contributed by atoms with E-state index in [1.807, 2.05) is 0 Å². The molecule has 1 aromatic rings. The molecule has 1 heterocycles. The van der Waals surface area contributed by atoms with Crippen molar-refractivity contribution in [2.45, 2.75) is 39.7 Å². The first-order valence-electron chi connectivity index (χ1n) is 7.78. The van der Waals surface area contributed by atoms with Gasteiger partial charge in [-0.3, -0.25) is 4.90 Å². The Balaban J connectivity index is 2.17. The molecule has 1 aliphatic rings. The molecule has 20 heavy (non-hydrogen) atoms. The first kappa shape index (κ1) is 15.8. The van der Waals surface area contributed by atoms with Gasteiger partial charge in [0.2, 0.25) is 0 Å². The number of piperazine rings is 1. The van der Waals surface area contributed by atoms with E-state index in [2.05, 4.69) is 49.2 Å². The fourth-order valence-corrected chi connectivity index (χ4v) is 3.05. The summed E-state index contributed by atoms with van der Waals surface area (Å²) in [6, 6.07) is 7.10. The molecule has 0 bridgehead atoms. The highest BCUT2D eigenvalue weighted by Crippen LogP contribution is 2.30. The molecule has 3 heteroatoms. The largest absolute Gasteiger partial charge is 0.314 e. The van der Waals surface area contributed by atoms with Gasteiger partial charge >= 0.3 is 0 Å². The van der Waals surface area contributed by atoms with Gasteiger partial charge in [-0.05, 0) is 42.9 Å². The first-order chi connectivity index (χ1) is 9.58. The van der Waals surface area contributed by atoms with E-state index in [1.165, 1.54) is 24.0 Å². The van der Waals surface area contributed by atoms with Gasteiger partial charge in [0.25, 0.3) is 0 Å². The second-order valence-electron chi connectivity index (χ2n) is 6.28. The zero-order valence-corrected chi connectivity index (χ0v) is 13.7. The Hall–Kier alpha value is -0.570. The van der Waals surface area contributed by atoms with E-state index in [4.69, 9.17) is 11.6 Å². The van der Waals surface area contributed by atoms with Crippen LogP contribution < -0.4 is 5.32 Å². The predicted molar refractivity (Wildman–Crippen MR) is 87.4 cm³/mol. The fourth-order valence-electron chi connectivity index (χ4n) is 2.86. The van der Waals surface area contributed by atoms with Gasteiger partial charge in [0.15, 0.2) is 0 Å². The third-order valence-corrected chi connectivity index (χ3v) is 4.60. The Labute approximate surface area is 128 Å². The maximum absolute atomic E-state index is 6.33. The summed E-state index contributed by atoms with van der Waals surface area (Å²) >= 11 is 6.33. The maximum Gasteiger partial charge on any atom is 0.0438 e. The molecule has 1 saturated heterocycles. The minimum Gasteiger partial charge on any atom is -0.314 e. The van der Waals surface area contributed by atoms with Crippen LogP contribution in [0, 0.1) is 12.8 Å². The Morgan fingerprint density at radius 1 is 1.20 bits per heavy atom. The number of halogens is 1. The molecule has 2 rings (SSSR count). The van der Waals surface area contributed by atoms with Crippen LogP contribution >= 0.6 is 11.6 Å². The van der Waals surface area contributed by atoms with Gasteiger partial charge in [-0.15, -0.1) is 0 Å². The maximum atomic E-state index is 6.33. The lowest BCUT2D eigenvalue weighted by molar-refractivity contribution is 0.160. The molecule has 1 atom stereocenters. The summed E-state index contributed by atoms with van der Waals surface area (Å²) in [5.41, 5.74) is 2.54. The molecule has 0 amide bonds. The lowest BCUT2D eigenvalue weighted by Crippen LogP contribution is -2.45. The third kappa shape index (κ3) is 4.21. The summed E-state index contributed by atoms with van der Waals surface area (Å²) in [5.74, 6) is 0.751. The average Bonchev–Trinajstić information content (AvgIpc) is 2.44. The molecule has 2 nitrogen and oxygen atoms in total.